The van der Waals surface area contributed by atoms with Gasteiger partial charge in [-0.15, -0.1) is 0 Å². The molecular weight excluding hydrogens is 388 g/mol. The molecule has 5 nitrogen and oxygen atoms in total. The van der Waals surface area contributed by atoms with Crippen LogP contribution in [0.25, 0.3) is 0 Å². The maximum Gasteiger partial charge on any atom is 0.253 e. The molecule has 0 radical (unpaired) electrons. The Bertz CT molecular complexity index is 895. The minimum Gasteiger partial charge on any atom is -0.493 e. The molecule has 0 unspecified atom stereocenters. The molecule has 5 heteroatoms. The van der Waals surface area contributed by atoms with E-state index in [9.17, 15) is 9.59 Å². The number of carbonyl (C=O) groups is 2. The first-order chi connectivity index (χ1) is 15.1. The number of hydrogen-bond acceptors (Lipinski definition) is 3. The molecule has 0 N–H and O–H groups in total. The van der Waals surface area contributed by atoms with E-state index < -0.39 is 0 Å². The molecular formula is C26H32N2O3. The molecule has 0 atom stereocenters. The lowest BCUT2D eigenvalue weighted by Crippen LogP contribution is -2.39. The Balaban J connectivity index is 1.23. The highest BCUT2D eigenvalue weighted by Crippen LogP contribution is 2.22. The number of rotatable bonds is 5. The van der Waals surface area contributed by atoms with Gasteiger partial charge in [0.2, 0.25) is 0 Å². The van der Waals surface area contributed by atoms with Gasteiger partial charge in [-0.1, -0.05) is 17.7 Å². The molecule has 0 saturated carbocycles. The molecule has 164 valence electrons. The van der Waals surface area contributed by atoms with Gasteiger partial charge in [0.15, 0.2) is 0 Å². The molecule has 0 aliphatic carbocycles. The maximum atomic E-state index is 12.7. The van der Waals surface area contributed by atoms with Crippen LogP contribution in [0.5, 0.6) is 5.75 Å². The van der Waals surface area contributed by atoms with Crippen LogP contribution >= 0.6 is 0 Å². The van der Waals surface area contributed by atoms with Crippen molar-refractivity contribution in [3.8, 4) is 5.75 Å². The molecule has 2 saturated heterocycles. The number of likely N-dealkylation sites (tertiary alicyclic amines) is 2. The Morgan fingerprint density at radius 2 is 1.48 bits per heavy atom. The van der Waals surface area contributed by atoms with Crippen molar-refractivity contribution in [2.24, 2.45) is 5.92 Å². The molecule has 2 heterocycles. The average molecular weight is 421 g/mol. The Morgan fingerprint density at radius 1 is 0.839 bits per heavy atom. The van der Waals surface area contributed by atoms with Crippen molar-refractivity contribution in [3.63, 3.8) is 0 Å². The van der Waals surface area contributed by atoms with Crippen LogP contribution in [0.15, 0.2) is 48.5 Å². The van der Waals surface area contributed by atoms with Gasteiger partial charge in [0.1, 0.15) is 5.75 Å². The Labute approximate surface area is 185 Å². The molecule has 0 aromatic heterocycles. The van der Waals surface area contributed by atoms with Crippen molar-refractivity contribution in [1.82, 2.24) is 9.80 Å². The monoisotopic (exact) mass is 420 g/mol. The molecule has 2 aliphatic rings. The van der Waals surface area contributed by atoms with Gasteiger partial charge in [-0.05, 0) is 81.3 Å². The van der Waals surface area contributed by atoms with Crippen LogP contribution in [0.4, 0.5) is 0 Å². The van der Waals surface area contributed by atoms with Crippen molar-refractivity contribution in [1.29, 1.82) is 0 Å². The summed E-state index contributed by atoms with van der Waals surface area (Å²) >= 11 is 0. The zero-order valence-electron chi connectivity index (χ0n) is 18.4. The highest BCUT2D eigenvalue weighted by Gasteiger charge is 2.24. The molecule has 0 bridgehead atoms. The predicted molar refractivity (Wildman–Crippen MR) is 121 cm³/mol. The van der Waals surface area contributed by atoms with E-state index >= 15 is 0 Å². The lowest BCUT2D eigenvalue weighted by molar-refractivity contribution is 0.0659. The summed E-state index contributed by atoms with van der Waals surface area (Å²) < 4.78 is 5.99. The zero-order chi connectivity index (χ0) is 21.6. The summed E-state index contributed by atoms with van der Waals surface area (Å²) in [5.41, 5.74) is 2.61. The zero-order valence-corrected chi connectivity index (χ0v) is 18.4. The van der Waals surface area contributed by atoms with Crippen molar-refractivity contribution in [2.75, 3.05) is 32.8 Å². The van der Waals surface area contributed by atoms with Gasteiger partial charge < -0.3 is 14.5 Å². The predicted octanol–water partition coefficient (Wildman–Crippen LogP) is 4.55. The van der Waals surface area contributed by atoms with Gasteiger partial charge in [-0.25, -0.2) is 0 Å². The SMILES string of the molecule is Cc1cccc(C(=O)N2CCC(COc3ccc(C(=O)N4CCCCC4)cc3)CC2)c1. The van der Waals surface area contributed by atoms with E-state index in [1.54, 1.807) is 0 Å². The molecule has 4 rings (SSSR count). The number of hydrogen-bond donors (Lipinski definition) is 0. The van der Waals surface area contributed by atoms with Gasteiger partial charge in [0, 0.05) is 37.3 Å². The van der Waals surface area contributed by atoms with Crippen LogP contribution in [0.2, 0.25) is 0 Å². The summed E-state index contributed by atoms with van der Waals surface area (Å²) in [6.07, 6.45) is 5.31. The summed E-state index contributed by atoms with van der Waals surface area (Å²) in [6, 6.07) is 15.3. The Kier molecular flexibility index (Phi) is 6.90. The van der Waals surface area contributed by atoms with Crippen molar-refractivity contribution >= 4 is 11.8 Å². The van der Waals surface area contributed by atoms with Crippen LogP contribution in [0.1, 0.15) is 58.4 Å². The summed E-state index contributed by atoms with van der Waals surface area (Å²) in [4.78, 5) is 29.2. The topological polar surface area (TPSA) is 49.9 Å². The van der Waals surface area contributed by atoms with Gasteiger partial charge in [-0.3, -0.25) is 9.59 Å². The third-order valence-electron chi connectivity index (χ3n) is 6.40. The van der Waals surface area contributed by atoms with E-state index in [4.69, 9.17) is 4.74 Å². The van der Waals surface area contributed by atoms with E-state index in [0.29, 0.717) is 12.5 Å². The fourth-order valence-corrected chi connectivity index (χ4v) is 4.45. The second-order valence-electron chi connectivity index (χ2n) is 8.79. The van der Waals surface area contributed by atoms with Gasteiger partial charge in [0.25, 0.3) is 11.8 Å². The molecule has 2 fully saturated rings. The molecule has 2 aromatic rings. The van der Waals surface area contributed by atoms with E-state index in [-0.39, 0.29) is 11.8 Å². The Hall–Kier alpha value is -2.82. The third-order valence-corrected chi connectivity index (χ3v) is 6.40. The van der Waals surface area contributed by atoms with Gasteiger partial charge in [-0.2, -0.15) is 0 Å². The fourth-order valence-electron chi connectivity index (χ4n) is 4.45. The second-order valence-corrected chi connectivity index (χ2v) is 8.79. The number of benzene rings is 2. The van der Waals surface area contributed by atoms with Crippen LogP contribution < -0.4 is 4.74 Å². The molecule has 31 heavy (non-hydrogen) atoms. The van der Waals surface area contributed by atoms with E-state index in [1.807, 2.05) is 65.3 Å². The van der Waals surface area contributed by atoms with Crippen LogP contribution in [0, 0.1) is 12.8 Å². The molecule has 2 amide bonds. The molecule has 2 aromatic carbocycles. The van der Waals surface area contributed by atoms with Crippen molar-refractivity contribution in [2.45, 2.75) is 39.0 Å². The number of amides is 2. The molecule has 0 spiro atoms. The normalized spacial score (nSPS) is 17.5. The first-order valence-corrected chi connectivity index (χ1v) is 11.5. The van der Waals surface area contributed by atoms with Gasteiger partial charge >= 0.3 is 0 Å². The quantitative estimate of drug-likeness (QED) is 0.713. The number of nitrogens with zero attached hydrogens (tertiary/aromatic N) is 2. The number of piperidine rings is 2. The van der Waals surface area contributed by atoms with Crippen molar-refractivity contribution in [3.05, 3.63) is 65.2 Å². The highest BCUT2D eigenvalue weighted by molar-refractivity contribution is 5.95. The largest absolute Gasteiger partial charge is 0.493 e. The van der Waals surface area contributed by atoms with Gasteiger partial charge in [0.05, 0.1) is 6.61 Å². The second kappa shape index (κ2) is 9.99. The minimum atomic E-state index is 0.122. The fraction of sp³-hybridized carbons (Fsp3) is 0.462. The first kappa shape index (κ1) is 21.4. The first-order valence-electron chi connectivity index (χ1n) is 11.5. The average Bonchev–Trinajstić information content (AvgIpc) is 2.83. The van der Waals surface area contributed by atoms with Crippen LogP contribution in [-0.2, 0) is 0 Å². The number of carbonyl (C=O) groups excluding carboxylic acids is 2. The highest BCUT2D eigenvalue weighted by atomic mass is 16.5. The summed E-state index contributed by atoms with van der Waals surface area (Å²) in [6.45, 7) is 5.92. The summed E-state index contributed by atoms with van der Waals surface area (Å²) in [5, 5.41) is 0. The van der Waals surface area contributed by atoms with Crippen LogP contribution in [0.3, 0.4) is 0 Å². The standard InChI is InChI=1S/C26H32N2O3/c1-20-6-5-7-23(18-20)26(30)28-16-12-21(13-17-28)19-31-24-10-8-22(9-11-24)25(29)27-14-3-2-4-15-27/h5-11,18,21H,2-4,12-17,19H2,1H3. The smallest absolute Gasteiger partial charge is 0.253 e. The van der Waals surface area contributed by atoms with Crippen molar-refractivity contribution < 1.29 is 14.3 Å². The van der Waals surface area contributed by atoms with E-state index in [2.05, 4.69) is 0 Å². The van der Waals surface area contributed by atoms with E-state index in [1.165, 1.54) is 6.42 Å². The van der Waals surface area contributed by atoms with Crippen LogP contribution in [-0.4, -0.2) is 54.4 Å². The third kappa shape index (κ3) is 5.46. The lowest BCUT2D eigenvalue weighted by atomic mass is 9.97. The summed E-state index contributed by atoms with van der Waals surface area (Å²) in [7, 11) is 0. The number of aryl methyl sites for hydroxylation is 1. The number of ether oxygens (including phenoxy) is 1. The van der Waals surface area contributed by atoms with E-state index in [0.717, 1.165) is 74.3 Å². The summed E-state index contributed by atoms with van der Waals surface area (Å²) in [5.74, 6) is 1.48. The molecule has 2 aliphatic heterocycles. The minimum absolute atomic E-state index is 0.122. The Morgan fingerprint density at radius 3 is 2.16 bits per heavy atom. The maximum absolute atomic E-state index is 12.7. The lowest BCUT2D eigenvalue weighted by Gasteiger charge is -2.32.